The van der Waals surface area contributed by atoms with Crippen molar-refractivity contribution >= 4 is 35.0 Å². The summed E-state index contributed by atoms with van der Waals surface area (Å²) in [6, 6.07) is 14.0. The molecule has 8 heteroatoms. The van der Waals surface area contributed by atoms with Crippen LogP contribution in [0.25, 0.3) is 0 Å². The number of amides is 3. The Morgan fingerprint density at radius 2 is 1.88 bits per heavy atom. The van der Waals surface area contributed by atoms with E-state index in [4.69, 9.17) is 11.6 Å². The number of hydrogen-bond acceptors (Lipinski definition) is 4. The summed E-state index contributed by atoms with van der Waals surface area (Å²) in [7, 11) is 1.86. The van der Waals surface area contributed by atoms with Gasteiger partial charge >= 0.3 is 0 Å². The van der Waals surface area contributed by atoms with Crippen molar-refractivity contribution in [1.29, 1.82) is 0 Å². The number of hydrogen-bond donors (Lipinski definition) is 3. The van der Waals surface area contributed by atoms with Crippen LogP contribution in [0.5, 0.6) is 0 Å². The van der Waals surface area contributed by atoms with Gasteiger partial charge in [-0.15, -0.1) is 0 Å². The summed E-state index contributed by atoms with van der Waals surface area (Å²) >= 11 is 6.10. The fourth-order valence-electron chi connectivity index (χ4n) is 4.18. The molecule has 2 aromatic rings. The van der Waals surface area contributed by atoms with E-state index in [1.165, 1.54) is 0 Å². The van der Waals surface area contributed by atoms with E-state index < -0.39 is 12.1 Å². The van der Waals surface area contributed by atoms with E-state index in [2.05, 4.69) is 16.0 Å². The average molecular weight is 485 g/mol. The Hall–Kier alpha value is -2.90. The molecule has 0 aromatic heterocycles. The molecule has 1 saturated heterocycles. The van der Waals surface area contributed by atoms with Crippen LogP contribution >= 0.6 is 11.6 Å². The first-order chi connectivity index (χ1) is 16.3. The third-order valence-electron chi connectivity index (χ3n) is 6.16. The van der Waals surface area contributed by atoms with E-state index in [9.17, 15) is 14.4 Å². The predicted molar refractivity (Wildman–Crippen MR) is 135 cm³/mol. The molecule has 3 N–H and O–H groups in total. The molecule has 1 fully saturated rings. The smallest absolute Gasteiger partial charge is 0.246 e. The number of carbonyl (C=O) groups is 3. The number of nitrogens with zero attached hydrogens (tertiary/aromatic N) is 1. The Morgan fingerprint density at radius 1 is 1.15 bits per heavy atom. The van der Waals surface area contributed by atoms with Gasteiger partial charge in [-0.25, -0.2) is 0 Å². The second-order valence-corrected chi connectivity index (χ2v) is 9.25. The summed E-state index contributed by atoms with van der Waals surface area (Å²) in [5.74, 6) is -0.517. The minimum absolute atomic E-state index is 0.0298. The molecule has 2 aromatic carbocycles. The highest BCUT2D eigenvalue weighted by Crippen LogP contribution is 2.20. The van der Waals surface area contributed by atoms with Gasteiger partial charge in [0, 0.05) is 29.7 Å². The zero-order chi connectivity index (χ0) is 24.7. The minimum atomic E-state index is -0.707. The zero-order valence-electron chi connectivity index (χ0n) is 19.9. The van der Waals surface area contributed by atoms with Gasteiger partial charge in [0.1, 0.15) is 6.04 Å². The number of likely N-dealkylation sites (tertiary alicyclic amines) is 1. The van der Waals surface area contributed by atoms with Crippen LogP contribution in [0.1, 0.15) is 37.3 Å². The lowest BCUT2D eigenvalue weighted by molar-refractivity contribution is -0.129. The largest absolute Gasteiger partial charge is 0.352 e. The molecular weight excluding hydrogens is 452 g/mol. The van der Waals surface area contributed by atoms with Crippen LogP contribution in [0.3, 0.4) is 0 Å². The Labute approximate surface area is 206 Å². The molecule has 1 aliphatic rings. The van der Waals surface area contributed by atoms with Gasteiger partial charge in [-0.2, -0.15) is 0 Å². The molecule has 7 nitrogen and oxygen atoms in total. The fourth-order valence-corrected chi connectivity index (χ4v) is 4.30. The third kappa shape index (κ3) is 7.05. The topological polar surface area (TPSA) is 90.5 Å². The first-order valence-corrected chi connectivity index (χ1v) is 12.1. The number of likely N-dealkylation sites (N-methyl/N-ethyl adjacent to an activating group) is 1. The first kappa shape index (κ1) is 25.7. The van der Waals surface area contributed by atoms with Crippen molar-refractivity contribution in [2.45, 2.75) is 57.7 Å². The van der Waals surface area contributed by atoms with Crippen molar-refractivity contribution < 1.29 is 14.4 Å². The summed E-state index contributed by atoms with van der Waals surface area (Å²) in [4.78, 5) is 40.0. The van der Waals surface area contributed by atoms with Crippen molar-refractivity contribution in [2.75, 3.05) is 18.9 Å². The second-order valence-electron chi connectivity index (χ2n) is 8.85. The Bertz CT molecular complexity index is 1010. The van der Waals surface area contributed by atoms with Gasteiger partial charge < -0.3 is 16.0 Å². The van der Waals surface area contributed by atoms with Crippen LogP contribution in [0, 0.1) is 6.92 Å². The van der Waals surface area contributed by atoms with E-state index in [0.717, 1.165) is 11.1 Å². The highest BCUT2D eigenvalue weighted by molar-refractivity contribution is 6.31. The summed E-state index contributed by atoms with van der Waals surface area (Å²) in [5, 5.41) is 9.46. The monoisotopic (exact) mass is 484 g/mol. The van der Waals surface area contributed by atoms with Crippen molar-refractivity contribution in [2.24, 2.45) is 0 Å². The molecular formula is C26H33ClN4O3. The second kappa shape index (κ2) is 12.0. The Morgan fingerprint density at radius 3 is 2.56 bits per heavy atom. The number of carbonyl (C=O) groups excluding carboxylic acids is 3. The van der Waals surface area contributed by atoms with E-state index >= 15 is 0 Å². The first-order valence-electron chi connectivity index (χ1n) is 11.7. The summed E-state index contributed by atoms with van der Waals surface area (Å²) < 4.78 is 0. The fraction of sp³-hybridized carbons (Fsp3) is 0.423. The molecule has 0 bridgehead atoms. The lowest BCUT2D eigenvalue weighted by Gasteiger charge is -2.23. The van der Waals surface area contributed by atoms with Crippen LogP contribution in [0.15, 0.2) is 48.5 Å². The maximum Gasteiger partial charge on any atom is 0.246 e. The normalized spacial score (nSPS) is 18.8. The highest BCUT2D eigenvalue weighted by atomic mass is 35.5. The van der Waals surface area contributed by atoms with E-state index in [1.54, 1.807) is 19.1 Å². The zero-order valence-corrected chi connectivity index (χ0v) is 20.7. The van der Waals surface area contributed by atoms with Gasteiger partial charge in [0.15, 0.2) is 0 Å². The molecule has 0 radical (unpaired) electrons. The van der Waals surface area contributed by atoms with Crippen LogP contribution in [0.4, 0.5) is 5.69 Å². The van der Waals surface area contributed by atoms with Crippen LogP contribution in [-0.2, 0) is 20.8 Å². The van der Waals surface area contributed by atoms with Crippen molar-refractivity contribution in [3.05, 3.63) is 64.7 Å². The average Bonchev–Trinajstić information content (AvgIpc) is 3.19. The number of benzene rings is 2. The third-order valence-corrected chi connectivity index (χ3v) is 6.58. The molecule has 34 heavy (non-hydrogen) atoms. The molecule has 0 aliphatic carbocycles. The summed E-state index contributed by atoms with van der Waals surface area (Å²) in [6.45, 7) is 4.27. The van der Waals surface area contributed by atoms with Crippen molar-refractivity contribution in [3.63, 3.8) is 0 Å². The van der Waals surface area contributed by atoms with Gasteiger partial charge in [-0.1, -0.05) is 48.9 Å². The number of halogens is 1. The van der Waals surface area contributed by atoms with Gasteiger partial charge in [0.25, 0.3) is 0 Å². The summed E-state index contributed by atoms with van der Waals surface area (Å²) in [6.07, 6.45) is 2.02. The number of nitrogens with one attached hydrogen (secondary N) is 3. The van der Waals surface area contributed by atoms with E-state index in [-0.39, 0.29) is 23.8 Å². The van der Waals surface area contributed by atoms with Gasteiger partial charge in [-0.05, 0) is 62.6 Å². The lowest BCUT2D eigenvalue weighted by Crippen LogP contribution is -2.50. The molecule has 182 valence electrons. The number of rotatable bonds is 9. The van der Waals surface area contributed by atoms with Crippen molar-refractivity contribution in [1.82, 2.24) is 15.5 Å². The van der Waals surface area contributed by atoms with Crippen molar-refractivity contribution in [3.8, 4) is 0 Å². The molecule has 3 amide bonds. The molecule has 1 heterocycles. The quantitative estimate of drug-likeness (QED) is 0.509. The van der Waals surface area contributed by atoms with E-state index in [0.29, 0.717) is 42.9 Å². The Kier molecular flexibility index (Phi) is 9.07. The maximum absolute atomic E-state index is 13.2. The van der Waals surface area contributed by atoms with Gasteiger partial charge in [-0.3, -0.25) is 19.3 Å². The molecule has 1 aliphatic heterocycles. The molecule has 0 saturated carbocycles. The molecule has 3 atom stereocenters. The van der Waals surface area contributed by atoms with Gasteiger partial charge in [0.05, 0.1) is 6.04 Å². The SMILES string of the molecule is CCC(=O)N[C@@H]1C[C@@H](C(=O)N[C@H](CCc2ccccc2)C(=O)Nc2ccc(Cl)c(C)c2)N(C)C1. The summed E-state index contributed by atoms with van der Waals surface area (Å²) in [5.41, 5.74) is 2.58. The standard InChI is InChI=1S/C26H33ClN4O3/c1-4-24(32)28-20-15-23(31(3)16-20)26(34)30-22(13-10-18-8-6-5-7-9-18)25(33)29-19-11-12-21(27)17(2)14-19/h5-9,11-12,14,20,22-23H,4,10,13,15-16H2,1-3H3,(H,28,32)(H,29,33)(H,30,34)/t20-,22-,23+/m1/s1. The van der Waals surface area contributed by atoms with Gasteiger partial charge in [0.2, 0.25) is 17.7 Å². The van der Waals surface area contributed by atoms with Crippen LogP contribution in [0.2, 0.25) is 5.02 Å². The molecule has 3 rings (SSSR count). The van der Waals surface area contributed by atoms with E-state index in [1.807, 2.05) is 55.3 Å². The predicted octanol–water partition coefficient (Wildman–Crippen LogP) is 3.30. The number of anilines is 1. The number of aryl methyl sites for hydroxylation is 2. The molecule has 0 unspecified atom stereocenters. The van der Waals surface area contributed by atoms with Crippen LogP contribution < -0.4 is 16.0 Å². The lowest BCUT2D eigenvalue weighted by atomic mass is 10.0. The highest BCUT2D eigenvalue weighted by Gasteiger charge is 2.36. The Balaban J connectivity index is 1.69. The maximum atomic E-state index is 13.2. The van der Waals surface area contributed by atoms with Crippen LogP contribution in [-0.4, -0.2) is 54.3 Å². The minimum Gasteiger partial charge on any atom is -0.352 e. The molecule has 0 spiro atoms.